The largest absolute Gasteiger partial charge is 0.494 e. The summed E-state index contributed by atoms with van der Waals surface area (Å²) in [7, 11) is 5.61. The molecule has 3 aromatic rings. The number of para-hydroxylation sites is 1. The van der Waals surface area contributed by atoms with E-state index in [9.17, 15) is 4.79 Å². The molecule has 3 rings (SSSR count). The summed E-state index contributed by atoms with van der Waals surface area (Å²) in [6.45, 7) is 1.33. The molecule has 0 unspecified atom stereocenters. The minimum Gasteiger partial charge on any atom is -0.494 e. The number of fused-ring (bicyclic) bond motifs is 1. The first-order chi connectivity index (χ1) is 12.5. The molecular formula is C18H20ClN3O2S2. The number of nitrogens with zero attached hydrogens (tertiary/aromatic N) is 3. The number of aromatic nitrogens is 1. The second kappa shape index (κ2) is 8.35. The van der Waals surface area contributed by atoms with E-state index in [2.05, 4.69) is 9.88 Å². The van der Waals surface area contributed by atoms with Gasteiger partial charge in [0, 0.05) is 18.0 Å². The van der Waals surface area contributed by atoms with Crippen LogP contribution in [-0.4, -0.2) is 50.1 Å². The number of likely N-dealkylation sites (N-methyl/N-ethyl adjacent to an activating group) is 1. The summed E-state index contributed by atoms with van der Waals surface area (Å²) in [6.07, 6.45) is 0.317. The number of carbonyl (C=O) groups is 1. The Morgan fingerprint density at radius 1 is 1.19 bits per heavy atom. The van der Waals surface area contributed by atoms with Gasteiger partial charge in [0.15, 0.2) is 5.13 Å². The van der Waals surface area contributed by atoms with Crippen molar-refractivity contribution in [1.29, 1.82) is 0 Å². The molecule has 1 aromatic carbocycles. The molecule has 0 aliphatic heterocycles. The highest BCUT2D eigenvalue weighted by molar-refractivity contribution is 7.22. The molecule has 0 aliphatic rings. The van der Waals surface area contributed by atoms with Gasteiger partial charge in [-0.2, -0.15) is 0 Å². The second-order valence-corrected chi connectivity index (χ2v) is 8.84. The Hall–Kier alpha value is -1.67. The Morgan fingerprint density at radius 3 is 2.65 bits per heavy atom. The van der Waals surface area contributed by atoms with Crippen molar-refractivity contribution in [2.75, 3.05) is 39.2 Å². The molecule has 0 bridgehead atoms. The van der Waals surface area contributed by atoms with E-state index in [-0.39, 0.29) is 5.91 Å². The lowest BCUT2D eigenvalue weighted by molar-refractivity contribution is -0.118. The molecule has 26 heavy (non-hydrogen) atoms. The number of anilines is 1. The van der Waals surface area contributed by atoms with Gasteiger partial charge in [0.1, 0.15) is 11.3 Å². The van der Waals surface area contributed by atoms with E-state index in [0.717, 1.165) is 27.4 Å². The van der Waals surface area contributed by atoms with Gasteiger partial charge in [-0.05, 0) is 38.4 Å². The first-order valence-corrected chi connectivity index (χ1v) is 10.1. The van der Waals surface area contributed by atoms with E-state index in [0.29, 0.717) is 22.4 Å². The zero-order valence-corrected chi connectivity index (χ0v) is 17.2. The van der Waals surface area contributed by atoms with Gasteiger partial charge < -0.3 is 9.64 Å². The van der Waals surface area contributed by atoms with Gasteiger partial charge >= 0.3 is 0 Å². The highest BCUT2D eigenvalue weighted by Gasteiger charge is 2.21. The van der Waals surface area contributed by atoms with Crippen molar-refractivity contribution in [3.8, 4) is 5.75 Å². The summed E-state index contributed by atoms with van der Waals surface area (Å²) in [5.41, 5.74) is 0.789. The van der Waals surface area contributed by atoms with E-state index < -0.39 is 0 Å². The number of benzene rings is 1. The van der Waals surface area contributed by atoms with Crippen LogP contribution in [0.25, 0.3) is 10.2 Å². The third-order valence-electron chi connectivity index (χ3n) is 3.85. The van der Waals surface area contributed by atoms with Gasteiger partial charge in [-0.3, -0.25) is 9.69 Å². The van der Waals surface area contributed by atoms with Gasteiger partial charge in [-0.15, -0.1) is 11.3 Å². The maximum absolute atomic E-state index is 13.0. The maximum Gasteiger partial charge on any atom is 0.234 e. The predicted molar refractivity (Wildman–Crippen MR) is 110 cm³/mol. The van der Waals surface area contributed by atoms with Crippen LogP contribution in [0.5, 0.6) is 5.75 Å². The molecule has 5 nitrogen and oxygen atoms in total. The number of methoxy groups -OCH3 is 1. The summed E-state index contributed by atoms with van der Waals surface area (Å²) < 4.78 is 7.09. The third-order valence-corrected chi connectivity index (χ3v) is 6.12. The lowest BCUT2D eigenvalue weighted by Gasteiger charge is -2.21. The number of hydrogen-bond donors (Lipinski definition) is 0. The van der Waals surface area contributed by atoms with Crippen LogP contribution < -0.4 is 9.64 Å². The van der Waals surface area contributed by atoms with Crippen LogP contribution in [0.4, 0.5) is 5.13 Å². The Balaban J connectivity index is 1.91. The molecule has 2 aromatic heterocycles. The zero-order chi connectivity index (χ0) is 18.7. The van der Waals surface area contributed by atoms with Crippen LogP contribution in [0.3, 0.4) is 0 Å². The molecule has 0 fully saturated rings. The van der Waals surface area contributed by atoms with Crippen LogP contribution in [-0.2, 0) is 11.2 Å². The molecule has 0 atom stereocenters. The Morgan fingerprint density at radius 2 is 2.00 bits per heavy atom. The van der Waals surface area contributed by atoms with Gasteiger partial charge in [0.05, 0.1) is 22.6 Å². The molecule has 1 amide bonds. The van der Waals surface area contributed by atoms with E-state index in [1.54, 1.807) is 12.0 Å². The quantitative estimate of drug-likeness (QED) is 0.587. The minimum atomic E-state index is 0.0170. The smallest absolute Gasteiger partial charge is 0.234 e. The Bertz CT molecular complexity index is 907. The molecule has 0 spiro atoms. The number of thiophene rings is 1. The van der Waals surface area contributed by atoms with Crippen LogP contribution in [0.2, 0.25) is 4.34 Å². The predicted octanol–water partition coefficient (Wildman–Crippen LogP) is 4.16. The second-order valence-electron chi connectivity index (χ2n) is 6.03. The first kappa shape index (κ1) is 19.1. The number of hydrogen-bond acceptors (Lipinski definition) is 6. The van der Waals surface area contributed by atoms with Crippen LogP contribution >= 0.6 is 34.3 Å². The fourth-order valence-corrected chi connectivity index (χ4v) is 4.61. The van der Waals surface area contributed by atoms with Crippen molar-refractivity contribution in [3.05, 3.63) is 39.5 Å². The molecule has 0 saturated carbocycles. The molecule has 0 saturated heterocycles. The highest BCUT2D eigenvalue weighted by Crippen LogP contribution is 2.34. The van der Waals surface area contributed by atoms with Crippen LogP contribution in [0, 0.1) is 0 Å². The highest BCUT2D eigenvalue weighted by atomic mass is 35.5. The first-order valence-electron chi connectivity index (χ1n) is 8.11. The fourth-order valence-electron chi connectivity index (χ4n) is 2.51. The number of amides is 1. The molecule has 0 radical (unpaired) electrons. The molecular weight excluding hydrogens is 390 g/mol. The van der Waals surface area contributed by atoms with Crippen molar-refractivity contribution in [2.24, 2.45) is 0 Å². The van der Waals surface area contributed by atoms with Crippen molar-refractivity contribution in [2.45, 2.75) is 6.42 Å². The van der Waals surface area contributed by atoms with Crippen LogP contribution in [0.1, 0.15) is 4.88 Å². The standard InChI is InChI=1S/C18H20ClN3O2S2/c1-21(2)9-10-22(16(23)11-12-7-8-15(19)25-12)18-20-17-13(24-3)5-4-6-14(17)26-18/h4-8H,9-11H2,1-3H3. The summed E-state index contributed by atoms with van der Waals surface area (Å²) in [5, 5.41) is 0.694. The Kier molecular flexibility index (Phi) is 6.13. The Labute approximate surface area is 165 Å². The van der Waals surface area contributed by atoms with Crippen molar-refractivity contribution >= 4 is 55.5 Å². The lowest BCUT2D eigenvalue weighted by atomic mass is 10.3. The third kappa shape index (κ3) is 4.35. The average Bonchev–Trinajstić information content (AvgIpc) is 3.20. The number of thiazole rings is 1. The molecule has 138 valence electrons. The van der Waals surface area contributed by atoms with E-state index in [4.69, 9.17) is 16.3 Å². The van der Waals surface area contributed by atoms with Crippen molar-refractivity contribution < 1.29 is 9.53 Å². The SMILES string of the molecule is COc1cccc2sc(N(CCN(C)C)C(=O)Cc3ccc(Cl)s3)nc12. The topological polar surface area (TPSA) is 45.7 Å². The minimum absolute atomic E-state index is 0.0170. The average molecular weight is 410 g/mol. The summed E-state index contributed by atoms with van der Waals surface area (Å²) in [4.78, 5) is 22.4. The van der Waals surface area contributed by atoms with Crippen molar-refractivity contribution in [3.63, 3.8) is 0 Å². The number of rotatable bonds is 7. The normalized spacial score (nSPS) is 11.3. The monoisotopic (exact) mass is 409 g/mol. The number of halogens is 1. The van der Waals surface area contributed by atoms with Gasteiger partial charge in [0.25, 0.3) is 0 Å². The zero-order valence-electron chi connectivity index (χ0n) is 14.9. The van der Waals surface area contributed by atoms with Gasteiger partial charge in [-0.25, -0.2) is 4.98 Å². The van der Waals surface area contributed by atoms with E-state index >= 15 is 0 Å². The van der Waals surface area contributed by atoms with E-state index in [1.807, 2.05) is 44.4 Å². The van der Waals surface area contributed by atoms with Crippen LogP contribution in [0.15, 0.2) is 30.3 Å². The molecule has 0 N–H and O–H groups in total. The summed E-state index contributed by atoms with van der Waals surface area (Å²) in [6, 6.07) is 9.53. The number of ether oxygens (including phenoxy) is 1. The molecule has 2 heterocycles. The fraction of sp³-hybridized carbons (Fsp3) is 0.333. The summed E-state index contributed by atoms with van der Waals surface area (Å²) in [5.74, 6) is 0.735. The van der Waals surface area contributed by atoms with Gasteiger partial charge in [0.2, 0.25) is 5.91 Å². The molecule has 8 heteroatoms. The van der Waals surface area contributed by atoms with Crippen molar-refractivity contribution in [1.82, 2.24) is 9.88 Å². The molecule has 0 aliphatic carbocycles. The van der Waals surface area contributed by atoms with E-state index in [1.165, 1.54) is 22.7 Å². The lowest BCUT2D eigenvalue weighted by Crippen LogP contribution is -2.37. The number of carbonyl (C=O) groups excluding carboxylic acids is 1. The maximum atomic E-state index is 13.0. The van der Waals surface area contributed by atoms with Gasteiger partial charge in [-0.1, -0.05) is 29.0 Å². The summed E-state index contributed by atoms with van der Waals surface area (Å²) >= 11 is 8.93.